The SMILES string of the molecule is C=C(C(=C)C(=CC)SC)C(=O)N1CC2CNCC2C1. The van der Waals surface area contributed by atoms with E-state index in [1.807, 2.05) is 24.2 Å². The zero-order chi connectivity index (χ0) is 14.0. The highest BCUT2D eigenvalue weighted by Gasteiger charge is 2.38. The maximum atomic E-state index is 12.5. The number of carbonyl (C=O) groups excluding carboxylic acids is 1. The second-order valence-electron chi connectivity index (χ2n) is 5.20. The summed E-state index contributed by atoms with van der Waals surface area (Å²) in [5, 5.41) is 3.38. The highest BCUT2D eigenvalue weighted by atomic mass is 32.2. The molecule has 0 saturated carbocycles. The monoisotopic (exact) mass is 278 g/mol. The van der Waals surface area contributed by atoms with E-state index < -0.39 is 0 Å². The van der Waals surface area contributed by atoms with Crippen molar-refractivity contribution in [2.75, 3.05) is 32.4 Å². The van der Waals surface area contributed by atoms with Crippen LogP contribution in [0.1, 0.15) is 6.92 Å². The first-order chi connectivity index (χ1) is 9.08. The average molecular weight is 278 g/mol. The fourth-order valence-electron chi connectivity index (χ4n) is 2.91. The van der Waals surface area contributed by atoms with Gasteiger partial charge >= 0.3 is 0 Å². The number of fused-ring (bicyclic) bond motifs is 1. The van der Waals surface area contributed by atoms with Crippen LogP contribution in [0.5, 0.6) is 0 Å². The zero-order valence-electron chi connectivity index (χ0n) is 11.7. The van der Waals surface area contributed by atoms with E-state index in [4.69, 9.17) is 0 Å². The standard InChI is InChI=1S/C15H22N2OS/c1-5-14(19-4)10(2)11(3)15(18)17-8-12-6-16-7-13(12)9-17/h5,12-13,16H,2-3,6-9H2,1,4H3. The van der Waals surface area contributed by atoms with E-state index in [2.05, 4.69) is 18.5 Å². The zero-order valence-corrected chi connectivity index (χ0v) is 12.6. The Morgan fingerprint density at radius 3 is 2.32 bits per heavy atom. The number of carbonyl (C=O) groups is 1. The van der Waals surface area contributed by atoms with Gasteiger partial charge in [0.05, 0.1) is 0 Å². The molecule has 19 heavy (non-hydrogen) atoms. The van der Waals surface area contributed by atoms with Crippen LogP contribution in [0.4, 0.5) is 0 Å². The summed E-state index contributed by atoms with van der Waals surface area (Å²) in [4.78, 5) is 15.4. The number of allylic oxidation sites excluding steroid dienone is 2. The predicted octanol–water partition coefficient (Wildman–Crippen LogP) is 2.04. The minimum atomic E-state index is 0.0489. The maximum Gasteiger partial charge on any atom is 0.253 e. The molecule has 1 N–H and O–H groups in total. The molecule has 2 fully saturated rings. The van der Waals surface area contributed by atoms with Crippen molar-refractivity contribution in [2.45, 2.75) is 6.92 Å². The molecular weight excluding hydrogens is 256 g/mol. The van der Waals surface area contributed by atoms with Crippen molar-refractivity contribution in [1.29, 1.82) is 0 Å². The largest absolute Gasteiger partial charge is 0.338 e. The summed E-state index contributed by atoms with van der Waals surface area (Å²) < 4.78 is 0. The van der Waals surface area contributed by atoms with Gasteiger partial charge in [0.2, 0.25) is 0 Å². The number of hydrogen-bond acceptors (Lipinski definition) is 3. The van der Waals surface area contributed by atoms with Crippen LogP contribution < -0.4 is 5.32 Å². The van der Waals surface area contributed by atoms with Gasteiger partial charge in [-0.25, -0.2) is 0 Å². The van der Waals surface area contributed by atoms with Gasteiger partial charge in [-0.1, -0.05) is 19.2 Å². The maximum absolute atomic E-state index is 12.5. The Kier molecular flexibility index (Phi) is 4.53. The third-order valence-electron chi connectivity index (χ3n) is 4.08. The molecule has 0 aromatic heterocycles. The Bertz CT molecular complexity index is 429. The molecule has 2 aliphatic rings. The summed E-state index contributed by atoms with van der Waals surface area (Å²) in [5.41, 5.74) is 1.30. The Morgan fingerprint density at radius 2 is 1.84 bits per heavy atom. The third-order valence-corrected chi connectivity index (χ3v) is 5.00. The van der Waals surface area contributed by atoms with Gasteiger partial charge in [-0.05, 0) is 30.6 Å². The lowest BCUT2D eigenvalue weighted by Gasteiger charge is -2.20. The molecule has 0 spiro atoms. The van der Waals surface area contributed by atoms with Crippen LogP contribution in [0.15, 0.2) is 35.3 Å². The van der Waals surface area contributed by atoms with Gasteiger partial charge in [0, 0.05) is 36.7 Å². The van der Waals surface area contributed by atoms with Crippen LogP contribution in [0.3, 0.4) is 0 Å². The van der Waals surface area contributed by atoms with E-state index in [9.17, 15) is 4.79 Å². The summed E-state index contributed by atoms with van der Waals surface area (Å²) in [6.45, 7) is 13.7. The second-order valence-corrected chi connectivity index (χ2v) is 6.05. The molecule has 2 aliphatic heterocycles. The number of rotatable bonds is 4. The molecule has 4 heteroatoms. The first-order valence-corrected chi connectivity index (χ1v) is 7.89. The number of amides is 1. The average Bonchev–Trinajstić information content (AvgIpc) is 2.99. The normalized spacial score (nSPS) is 26.4. The summed E-state index contributed by atoms with van der Waals surface area (Å²) in [6.07, 6.45) is 3.97. The molecule has 0 aromatic rings. The van der Waals surface area contributed by atoms with Crippen molar-refractivity contribution < 1.29 is 4.79 Å². The molecule has 2 heterocycles. The molecule has 0 aliphatic carbocycles. The molecule has 2 rings (SSSR count). The predicted molar refractivity (Wildman–Crippen MR) is 82.0 cm³/mol. The van der Waals surface area contributed by atoms with Crippen LogP contribution in [0.25, 0.3) is 0 Å². The van der Waals surface area contributed by atoms with Gasteiger partial charge in [0.25, 0.3) is 5.91 Å². The van der Waals surface area contributed by atoms with Crippen molar-refractivity contribution in [3.63, 3.8) is 0 Å². The van der Waals surface area contributed by atoms with Gasteiger partial charge in [-0.2, -0.15) is 0 Å². The van der Waals surface area contributed by atoms with E-state index >= 15 is 0 Å². The topological polar surface area (TPSA) is 32.3 Å². The molecule has 2 atom stereocenters. The number of thioether (sulfide) groups is 1. The number of hydrogen-bond donors (Lipinski definition) is 1. The molecule has 0 aromatic carbocycles. The van der Waals surface area contributed by atoms with Crippen molar-refractivity contribution in [2.24, 2.45) is 11.8 Å². The third kappa shape index (κ3) is 2.79. The fourth-order valence-corrected chi connectivity index (χ4v) is 3.51. The quantitative estimate of drug-likeness (QED) is 0.631. The molecule has 104 valence electrons. The first kappa shape index (κ1) is 14.4. The van der Waals surface area contributed by atoms with Crippen molar-refractivity contribution in [1.82, 2.24) is 10.2 Å². The summed E-state index contributed by atoms with van der Waals surface area (Å²) in [5.74, 6) is 1.28. The van der Waals surface area contributed by atoms with E-state index in [1.165, 1.54) is 0 Å². The van der Waals surface area contributed by atoms with E-state index in [-0.39, 0.29) is 5.91 Å². The van der Waals surface area contributed by atoms with Gasteiger partial charge in [-0.15, -0.1) is 11.8 Å². The second kappa shape index (κ2) is 5.97. The van der Waals surface area contributed by atoms with E-state index in [0.29, 0.717) is 17.4 Å². The van der Waals surface area contributed by atoms with Crippen LogP contribution >= 0.6 is 11.8 Å². The Morgan fingerprint density at radius 1 is 1.26 bits per heavy atom. The smallest absolute Gasteiger partial charge is 0.253 e. The van der Waals surface area contributed by atoms with Crippen molar-refractivity contribution >= 4 is 17.7 Å². The van der Waals surface area contributed by atoms with Gasteiger partial charge in [-0.3, -0.25) is 4.79 Å². The van der Waals surface area contributed by atoms with Gasteiger partial charge in [0.15, 0.2) is 0 Å². The van der Waals surface area contributed by atoms with Crippen LogP contribution in [0.2, 0.25) is 0 Å². The lowest BCUT2D eigenvalue weighted by atomic mass is 10.0. The Balaban J connectivity index is 2.00. The minimum absolute atomic E-state index is 0.0489. The van der Waals surface area contributed by atoms with Gasteiger partial charge < -0.3 is 10.2 Å². The Hall–Kier alpha value is -1.00. The van der Waals surface area contributed by atoms with Crippen molar-refractivity contribution in [3.05, 3.63) is 35.3 Å². The number of nitrogens with zero attached hydrogens (tertiary/aromatic N) is 1. The summed E-state index contributed by atoms with van der Waals surface area (Å²) >= 11 is 1.60. The molecule has 2 unspecified atom stereocenters. The summed E-state index contributed by atoms with van der Waals surface area (Å²) in [6, 6.07) is 0. The number of nitrogens with one attached hydrogen (secondary N) is 1. The van der Waals surface area contributed by atoms with E-state index in [1.54, 1.807) is 11.8 Å². The van der Waals surface area contributed by atoms with Crippen LogP contribution in [-0.4, -0.2) is 43.2 Å². The van der Waals surface area contributed by atoms with Crippen LogP contribution in [-0.2, 0) is 4.79 Å². The highest BCUT2D eigenvalue weighted by Crippen LogP contribution is 2.30. The summed E-state index contributed by atoms with van der Waals surface area (Å²) in [7, 11) is 0. The van der Waals surface area contributed by atoms with E-state index in [0.717, 1.165) is 36.7 Å². The molecule has 3 nitrogen and oxygen atoms in total. The molecule has 0 bridgehead atoms. The van der Waals surface area contributed by atoms with Crippen molar-refractivity contribution in [3.8, 4) is 0 Å². The molecule has 0 radical (unpaired) electrons. The first-order valence-electron chi connectivity index (χ1n) is 6.67. The molecule has 2 saturated heterocycles. The number of likely N-dealkylation sites (tertiary alicyclic amines) is 1. The lowest BCUT2D eigenvalue weighted by molar-refractivity contribution is -0.126. The minimum Gasteiger partial charge on any atom is -0.338 e. The Labute approximate surface area is 119 Å². The van der Waals surface area contributed by atoms with Gasteiger partial charge in [0.1, 0.15) is 0 Å². The fraction of sp³-hybridized carbons (Fsp3) is 0.533. The van der Waals surface area contributed by atoms with Crippen LogP contribution in [0, 0.1) is 11.8 Å². The highest BCUT2D eigenvalue weighted by molar-refractivity contribution is 8.02. The molecular formula is C15H22N2OS. The lowest BCUT2D eigenvalue weighted by Crippen LogP contribution is -2.33. The molecule has 1 amide bonds.